The van der Waals surface area contributed by atoms with Gasteiger partial charge in [0.15, 0.2) is 0 Å². The van der Waals surface area contributed by atoms with Crippen molar-refractivity contribution in [3.05, 3.63) is 29.8 Å². The predicted octanol–water partition coefficient (Wildman–Crippen LogP) is 2.26. The van der Waals surface area contributed by atoms with Gasteiger partial charge in [-0.15, -0.1) is 0 Å². The van der Waals surface area contributed by atoms with Crippen LogP contribution in [-0.4, -0.2) is 24.9 Å². The Hall–Kier alpha value is -1.06. The molecule has 0 saturated heterocycles. The zero-order valence-electron chi connectivity index (χ0n) is 10.2. The van der Waals surface area contributed by atoms with Gasteiger partial charge in [0.1, 0.15) is 12.4 Å². The van der Waals surface area contributed by atoms with Crippen molar-refractivity contribution in [1.29, 1.82) is 0 Å². The fourth-order valence-electron chi connectivity index (χ4n) is 2.20. The van der Waals surface area contributed by atoms with Gasteiger partial charge in [0.2, 0.25) is 0 Å². The standard InChI is InChI=1S/C14H21NO2/c16-10-6-2-1-5-9-15-13-11-17-14-8-4-3-7-12(13)14/h3-4,7-8,13,15-16H,1-2,5-6,9-11H2. The average molecular weight is 235 g/mol. The summed E-state index contributed by atoms with van der Waals surface area (Å²) in [5.74, 6) is 1.02. The van der Waals surface area contributed by atoms with Gasteiger partial charge < -0.3 is 15.2 Å². The molecule has 0 radical (unpaired) electrons. The van der Waals surface area contributed by atoms with E-state index in [0.717, 1.165) is 31.7 Å². The Bertz CT molecular complexity index is 341. The minimum atomic E-state index is 0.317. The lowest BCUT2D eigenvalue weighted by atomic mass is 10.1. The van der Waals surface area contributed by atoms with Crippen LogP contribution in [-0.2, 0) is 0 Å². The van der Waals surface area contributed by atoms with E-state index in [1.165, 1.54) is 18.4 Å². The Kier molecular flexibility index (Phi) is 4.83. The summed E-state index contributed by atoms with van der Waals surface area (Å²) >= 11 is 0. The Balaban J connectivity index is 1.68. The number of aliphatic hydroxyl groups is 1. The molecular formula is C14H21NO2. The molecule has 1 heterocycles. The number of ether oxygens (including phenoxy) is 1. The lowest BCUT2D eigenvalue weighted by Crippen LogP contribution is -2.23. The largest absolute Gasteiger partial charge is 0.491 e. The number of benzene rings is 1. The molecule has 0 saturated carbocycles. The molecule has 2 rings (SSSR count). The highest BCUT2D eigenvalue weighted by atomic mass is 16.5. The molecule has 1 aromatic rings. The zero-order valence-corrected chi connectivity index (χ0v) is 10.2. The van der Waals surface area contributed by atoms with E-state index in [9.17, 15) is 0 Å². The summed E-state index contributed by atoms with van der Waals surface area (Å²) in [6.45, 7) is 2.08. The Labute approximate surface area is 103 Å². The van der Waals surface area contributed by atoms with E-state index in [2.05, 4.69) is 17.4 Å². The maximum absolute atomic E-state index is 8.67. The van der Waals surface area contributed by atoms with Crippen LogP contribution in [0.1, 0.15) is 37.3 Å². The lowest BCUT2D eigenvalue weighted by Gasteiger charge is -2.11. The molecule has 1 aromatic carbocycles. The van der Waals surface area contributed by atoms with Crippen molar-refractivity contribution in [2.75, 3.05) is 19.8 Å². The number of para-hydroxylation sites is 1. The van der Waals surface area contributed by atoms with Crippen molar-refractivity contribution in [2.45, 2.75) is 31.7 Å². The van der Waals surface area contributed by atoms with Crippen molar-refractivity contribution < 1.29 is 9.84 Å². The molecule has 3 nitrogen and oxygen atoms in total. The van der Waals surface area contributed by atoms with Crippen molar-refractivity contribution in [1.82, 2.24) is 5.32 Å². The van der Waals surface area contributed by atoms with Crippen molar-refractivity contribution in [3.63, 3.8) is 0 Å². The number of hydrogen-bond acceptors (Lipinski definition) is 3. The summed E-state index contributed by atoms with van der Waals surface area (Å²) in [6, 6.07) is 8.58. The summed E-state index contributed by atoms with van der Waals surface area (Å²) in [5, 5.41) is 12.2. The molecule has 1 aliphatic rings. The first kappa shape index (κ1) is 12.4. The highest BCUT2D eigenvalue weighted by molar-refractivity contribution is 5.39. The molecule has 1 unspecified atom stereocenters. The van der Waals surface area contributed by atoms with Crippen molar-refractivity contribution >= 4 is 0 Å². The van der Waals surface area contributed by atoms with Gasteiger partial charge in [-0.3, -0.25) is 0 Å². The van der Waals surface area contributed by atoms with E-state index < -0.39 is 0 Å². The lowest BCUT2D eigenvalue weighted by molar-refractivity contribution is 0.281. The SMILES string of the molecule is OCCCCCCNC1COc2ccccc21. The molecule has 0 spiro atoms. The monoisotopic (exact) mass is 235 g/mol. The third kappa shape index (κ3) is 3.45. The first-order valence-electron chi connectivity index (χ1n) is 6.48. The summed E-state index contributed by atoms with van der Waals surface area (Å²) < 4.78 is 5.61. The number of fused-ring (bicyclic) bond motifs is 1. The fraction of sp³-hybridized carbons (Fsp3) is 0.571. The summed E-state index contributed by atoms with van der Waals surface area (Å²) in [4.78, 5) is 0. The molecule has 17 heavy (non-hydrogen) atoms. The normalized spacial score (nSPS) is 17.8. The number of unbranched alkanes of at least 4 members (excludes halogenated alkanes) is 3. The molecule has 0 aromatic heterocycles. The Morgan fingerprint density at radius 2 is 2.00 bits per heavy atom. The van der Waals surface area contributed by atoms with Crippen LogP contribution in [0, 0.1) is 0 Å². The van der Waals surface area contributed by atoms with Crippen LogP contribution in [0.5, 0.6) is 5.75 Å². The van der Waals surface area contributed by atoms with Gasteiger partial charge in [-0.1, -0.05) is 31.0 Å². The average Bonchev–Trinajstić information content (AvgIpc) is 2.77. The van der Waals surface area contributed by atoms with E-state index in [0.29, 0.717) is 12.6 Å². The molecule has 3 heteroatoms. The smallest absolute Gasteiger partial charge is 0.124 e. The van der Waals surface area contributed by atoms with Crippen LogP contribution >= 0.6 is 0 Å². The van der Waals surface area contributed by atoms with Crippen LogP contribution in [0.4, 0.5) is 0 Å². The quantitative estimate of drug-likeness (QED) is 0.712. The third-order valence-corrected chi connectivity index (χ3v) is 3.18. The maximum Gasteiger partial charge on any atom is 0.124 e. The molecule has 94 valence electrons. The molecular weight excluding hydrogens is 214 g/mol. The molecule has 0 bridgehead atoms. The van der Waals surface area contributed by atoms with Gasteiger partial charge in [0.25, 0.3) is 0 Å². The minimum absolute atomic E-state index is 0.317. The Morgan fingerprint density at radius 1 is 1.18 bits per heavy atom. The third-order valence-electron chi connectivity index (χ3n) is 3.18. The van der Waals surface area contributed by atoms with E-state index in [4.69, 9.17) is 9.84 Å². The van der Waals surface area contributed by atoms with Crippen LogP contribution in [0.3, 0.4) is 0 Å². The zero-order chi connectivity index (χ0) is 11.9. The summed E-state index contributed by atoms with van der Waals surface area (Å²) in [5.41, 5.74) is 1.28. The number of nitrogens with one attached hydrogen (secondary N) is 1. The van der Waals surface area contributed by atoms with Crippen LogP contribution in [0.2, 0.25) is 0 Å². The fourth-order valence-corrected chi connectivity index (χ4v) is 2.20. The van der Waals surface area contributed by atoms with E-state index >= 15 is 0 Å². The number of hydrogen-bond donors (Lipinski definition) is 2. The van der Waals surface area contributed by atoms with Gasteiger partial charge in [-0.05, 0) is 25.5 Å². The van der Waals surface area contributed by atoms with Crippen LogP contribution in [0.25, 0.3) is 0 Å². The maximum atomic E-state index is 8.67. The van der Waals surface area contributed by atoms with Crippen molar-refractivity contribution in [2.24, 2.45) is 0 Å². The molecule has 0 fully saturated rings. The molecule has 1 atom stereocenters. The summed E-state index contributed by atoms with van der Waals surface area (Å²) in [6.07, 6.45) is 4.40. The van der Waals surface area contributed by atoms with E-state index in [-0.39, 0.29) is 0 Å². The first-order valence-corrected chi connectivity index (χ1v) is 6.48. The number of rotatable bonds is 7. The Morgan fingerprint density at radius 3 is 2.88 bits per heavy atom. The van der Waals surface area contributed by atoms with E-state index in [1.807, 2.05) is 12.1 Å². The van der Waals surface area contributed by atoms with Gasteiger partial charge in [0.05, 0.1) is 6.04 Å². The van der Waals surface area contributed by atoms with Gasteiger partial charge in [0, 0.05) is 12.2 Å². The predicted molar refractivity (Wildman–Crippen MR) is 68.2 cm³/mol. The highest BCUT2D eigenvalue weighted by Gasteiger charge is 2.22. The van der Waals surface area contributed by atoms with Gasteiger partial charge >= 0.3 is 0 Å². The van der Waals surface area contributed by atoms with Crippen molar-refractivity contribution in [3.8, 4) is 5.75 Å². The number of aliphatic hydroxyl groups excluding tert-OH is 1. The van der Waals surface area contributed by atoms with Crippen LogP contribution in [0.15, 0.2) is 24.3 Å². The van der Waals surface area contributed by atoms with Gasteiger partial charge in [-0.2, -0.15) is 0 Å². The van der Waals surface area contributed by atoms with Crippen LogP contribution < -0.4 is 10.1 Å². The first-order chi connectivity index (χ1) is 8.42. The second kappa shape index (κ2) is 6.62. The second-order valence-corrected chi connectivity index (χ2v) is 4.49. The second-order valence-electron chi connectivity index (χ2n) is 4.49. The molecule has 1 aliphatic heterocycles. The summed E-state index contributed by atoms with van der Waals surface area (Å²) in [7, 11) is 0. The van der Waals surface area contributed by atoms with E-state index in [1.54, 1.807) is 0 Å². The minimum Gasteiger partial charge on any atom is -0.491 e. The topological polar surface area (TPSA) is 41.5 Å². The molecule has 0 aliphatic carbocycles. The highest BCUT2D eigenvalue weighted by Crippen LogP contribution is 2.31. The molecule has 2 N–H and O–H groups in total. The molecule has 0 amide bonds. The van der Waals surface area contributed by atoms with Gasteiger partial charge in [-0.25, -0.2) is 0 Å².